The molecular weight excluding hydrogens is 819 g/mol. The van der Waals surface area contributed by atoms with Crippen LogP contribution in [0.3, 0.4) is 0 Å². The fraction of sp³-hybridized carbons (Fsp3) is 0.222. The summed E-state index contributed by atoms with van der Waals surface area (Å²) in [6.07, 6.45) is 1.14. The summed E-state index contributed by atoms with van der Waals surface area (Å²) in [4.78, 5) is 35.6. The van der Waals surface area contributed by atoms with Crippen molar-refractivity contribution in [1.82, 2.24) is 14.9 Å². The fourth-order valence-corrected chi connectivity index (χ4v) is 7.37. The molecule has 1 aliphatic rings. The van der Waals surface area contributed by atoms with Crippen LogP contribution in [0.1, 0.15) is 52.6 Å². The largest absolute Gasteiger partial charge is 0.493 e. The molecule has 0 fully saturated rings. The van der Waals surface area contributed by atoms with Gasteiger partial charge >= 0.3 is 5.97 Å². The van der Waals surface area contributed by atoms with Crippen LogP contribution in [0.2, 0.25) is 0 Å². The minimum Gasteiger partial charge on any atom is -0.493 e. The van der Waals surface area contributed by atoms with Gasteiger partial charge in [0, 0.05) is 30.5 Å². The van der Waals surface area contributed by atoms with Crippen molar-refractivity contribution in [2.75, 3.05) is 26.3 Å². The summed E-state index contributed by atoms with van der Waals surface area (Å²) in [5.41, 5.74) is 7.23. The van der Waals surface area contributed by atoms with Gasteiger partial charge in [-0.3, -0.25) is 4.79 Å². The minimum atomic E-state index is -0.981. The van der Waals surface area contributed by atoms with E-state index < -0.39 is 12.1 Å². The zero-order chi connectivity index (χ0) is 45.5. The SMILES string of the molecule is CC#CC(O)c1cccc(OCCc2nc(-c3ccccc3)oc2C)c1.Cc1oc(-c2ccccc2)nc1CCOc1cccc(CC2=C(C(=O)O)CN(C(=O)Cc3ccccc3)C2)c1. The Kier molecular flexibility index (Phi) is 15.4. The zero-order valence-corrected chi connectivity index (χ0v) is 36.7. The Bertz CT molecular complexity index is 2780. The van der Waals surface area contributed by atoms with Gasteiger partial charge < -0.3 is 33.4 Å². The average molecular weight is 870 g/mol. The molecule has 1 aliphatic heterocycles. The number of hydrogen-bond acceptors (Lipinski definition) is 9. The van der Waals surface area contributed by atoms with Gasteiger partial charge in [0.1, 0.15) is 29.1 Å². The molecule has 11 heteroatoms. The van der Waals surface area contributed by atoms with Crippen LogP contribution in [0, 0.1) is 25.7 Å². The maximum atomic E-state index is 12.9. The molecule has 11 nitrogen and oxygen atoms in total. The number of aliphatic hydroxyl groups excluding tert-OH is 1. The summed E-state index contributed by atoms with van der Waals surface area (Å²) < 4.78 is 23.4. The Morgan fingerprint density at radius 2 is 1.22 bits per heavy atom. The number of hydrogen-bond donors (Lipinski definition) is 2. The van der Waals surface area contributed by atoms with Gasteiger partial charge in [0.25, 0.3) is 0 Å². The molecule has 8 rings (SSSR count). The average Bonchev–Trinajstić information content (AvgIpc) is 4.04. The summed E-state index contributed by atoms with van der Waals surface area (Å²) in [5, 5.41) is 19.7. The van der Waals surface area contributed by atoms with Crippen molar-refractivity contribution in [3.63, 3.8) is 0 Å². The van der Waals surface area contributed by atoms with Crippen LogP contribution in [0.5, 0.6) is 11.5 Å². The predicted octanol–water partition coefficient (Wildman–Crippen LogP) is 9.61. The number of aromatic nitrogens is 2. The second kappa shape index (κ2) is 22.1. The first kappa shape index (κ1) is 45.3. The molecular formula is C54H51N3O8. The first-order chi connectivity index (χ1) is 31.6. The molecule has 1 atom stereocenters. The van der Waals surface area contributed by atoms with Crippen LogP contribution in [0.15, 0.2) is 160 Å². The number of aliphatic hydroxyl groups is 1. The van der Waals surface area contributed by atoms with E-state index in [1.165, 1.54) is 0 Å². The second-order valence-corrected chi connectivity index (χ2v) is 15.5. The number of aryl methyl sites for hydroxylation is 2. The molecule has 1 unspecified atom stereocenters. The highest BCUT2D eigenvalue weighted by atomic mass is 16.5. The van der Waals surface area contributed by atoms with Crippen LogP contribution < -0.4 is 9.47 Å². The van der Waals surface area contributed by atoms with Crippen molar-refractivity contribution in [2.45, 2.75) is 52.6 Å². The van der Waals surface area contributed by atoms with E-state index in [1.54, 1.807) is 17.9 Å². The molecule has 1 amide bonds. The van der Waals surface area contributed by atoms with Crippen LogP contribution >= 0.6 is 0 Å². The third-order valence-electron chi connectivity index (χ3n) is 10.8. The number of oxazole rings is 2. The van der Waals surface area contributed by atoms with Gasteiger partial charge in [0.05, 0.1) is 43.1 Å². The molecule has 0 bridgehead atoms. The van der Waals surface area contributed by atoms with Gasteiger partial charge in [-0.2, -0.15) is 0 Å². The van der Waals surface area contributed by atoms with Crippen molar-refractivity contribution in [1.29, 1.82) is 0 Å². The highest BCUT2D eigenvalue weighted by Crippen LogP contribution is 2.27. The highest BCUT2D eigenvalue weighted by molar-refractivity contribution is 5.91. The molecule has 330 valence electrons. The van der Waals surface area contributed by atoms with E-state index in [4.69, 9.17) is 18.3 Å². The number of nitrogens with zero attached hydrogens (tertiary/aromatic N) is 3. The lowest BCUT2D eigenvalue weighted by Gasteiger charge is -2.17. The first-order valence-corrected chi connectivity index (χ1v) is 21.5. The van der Waals surface area contributed by atoms with E-state index in [9.17, 15) is 19.8 Å². The Labute approximate surface area is 379 Å². The molecule has 0 spiro atoms. The number of amides is 1. The first-order valence-electron chi connectivity index (χ1n) is 21.5. The summed E-state index contributed by atoms with van der Waals surface area (Å²) in [6.45, 7) is 6.85. The topological polar surface area (TPSA) is 148 Å². The summed E-state index contributed by atoms with van der Waals surface area (Å²) in [6, 6.07) is 44.1. The second-order valence-electron chi connectivity index (χ2n) is 15.5. The Morgan fingerprint density at radius 1 is 0.692 bits per heavy atom. The number of carboxylic acids is 1. The van der Waals surface area contributed by atoms with Gasteiger partial charge in [0.2, 0.25) is 17.7 Å². The van der Waals surface area contributed by atoms with E-state index in [0.29, 0.717) is 67.9 Å². The van der Waals surface area contributed by atoms with E-state index >= 15 is 0 Å². The number of rotatable bonds is 16. The predicted molar refractivity (Wildman–Crippen MR) is 248 cm³/mol. The van der Waals surface area contributed by atoms with Crippen molar-refractivity contribution in [3.8, 4) is 46.2 Å². The summed E-state index contributed by atoms with van der Waals surface area (Å²) in [5.74, 6) is 8.57. The third kappa shape index (κ3) is 12.5. The molecule has 2 N–H and O–H groups in total. The van der Waals surface area contributed by atoms with Crippen molar-refractivity contribution >= 4 is 11.9 Å². The van der Waals surface area contributed by atoms with Crippen molar-refractivity contribution in [2.24, 2.45) is 0 Å². The van der Waals surface area contributed by atoms with Crippen LogP contribution in [0.25, 0.3) is 22.9 Å². The molecule has 0 saturated heterocycles. The quantitative estimate of drug-likeness (QED) is 0.0900. The lowest BCUT2D eigenvalue weighted by atomic mass is 10.0. The van der Waals surface area contributed by atoms with Gasteiger partial charge in [0.15, 0.2) is 0 Å². The number of ether oxygens (including phenoxy) is 2. The third-order valence-corrected chi connectivity index (χ3v) is 10.8. The van der Waals surface area contributed by atoms with Crippen LogP contribution in [-0.2, 0) is 35.3 Å². The van der Waals surface area contributed by atoms with Gasteiger partial charge in [-0.05, 0) is 98.0 Å². The van der Waals surface area contributed by atoms with Crippen LogP contribution in [0.4, 0.5) is 0 Å². The molecule has 7 aromatic rings. The Morgan fingerprint density at radius 3 is 1.77 bits per heavy atom. The van der Waals surface area contributed by atoms with E-state index in [0.717, 1.165) is 56.3 Å². The van der Waals surface area contributed by atoms with Gasteiger partial charge in [-0.1, -0.05) is 96.9 Å². The van der Waals surface area contributed by atoms with Gasteiger partial charge in [-0.25, -0.2) is 14.8 Å². The molecule has 65 heavy (non-hydrogen) atoms. The monoisotopic (exact) mass is 869 g/mol. The Hall–Kier alpha value is -7.68. The van der Waals surface area contributed by atoms with E-state index in [2.05, 4.69) is 21.8 Å². The molecule has 0 aliphatic carbocycles. The van der Waals surface area contributed by atoms with E-state index in [1.807, 2.05) is 147 Å². The molecule has 0 radical (unpaired) electrons. The summed E-state index contributed by atoms with van der Waals surface area (Å²) in [7, 11) is 0. The maximum Gasteiger partial charge on any atom is 0.333 e. The normalized spacial score (nSPS) is 12.5. The lowest BCUT2D eigenvalue weighted by Crippen LogP contribution is -2.31. The summed E-state index contributed by atoms with van der Waals surface area (Å²) >= 11 is 0. The molecule has 5 aromatic carbocycles. The molecule has 2 aromatic heterocycles. The number of carboxylic acid groups (broad SMARTS) is 1. The molecule has 0 saturated carbocycles. The van der Waals surface area contributed by atoms with E-state index in [-0.39, 0.29) is 18.9 Å². The number of carbonyl (C=O) groups excluding carboxylic acids is 1. The van der Waals surface area contributed by atoms with Crippen molar-refractivity contribution in [3.05, 3.63) is 190 Å². The number of benzene rings is 5. The van der Waals surface area contributed by atoms with Gasteiger partial charge in [-0.15, -0.1) is 5.92 Å². The lowest BCUT2D eigenvalue weighted by molar-refractivity contribution is -0.133. The standard InChI is InChI=1S/C32H30N2O5.C22H21NO3/c1-22-29(33-31(39-22)25-12-6-3-7-13-25)15-16-38-27-14-8-11-24(18-27)17-26-20-34(21-28(26)32(36)37)30(35)19-23-9-4-2-5-10-23;1-3-8-21(24)18-11-7-12-19(15-18)25-14-13-20-16(2)26-22(23-20)17-9-5-4-6-10-17/h2-14,18H,15-17,19-21H2,1H3,(H,36,37);4-7,9-12,15,21,24H,13-14H2,1-2H3. The Balaban J connectivity index is 0.000000210. The van der Waals surface area contributed by atoms with Crippen molar-refractivity contribution < 1.29 is 38.1 Å². The zero-order valence-electron chi connectivity index (χ0n) is 36.7. The minimum absolute atomic E-state index is 0.0781. The fourth-order valence-electron chi connectivity index (χ4n) is 7.37. The van der Waals surface area contributed by atoms with Crippen LogP contribution in [-0.4, -0.2) is 63.3 Å². The smallest absolute Gasteiger partial charge is 0.333 e. The number of aliphatic carboxylic acids is 1. The molecule has 3 heterocycles. The highest BCUT2D eigenvalue weighted by Gasteiger charge is 2.29. The maximum absolute atomic E-state index is 12.9. The number of carbonyl (C=O) groups is 2.